The standard InChI is InChI=1S/C24H33N7O3/c1-16-11-23(31(26)15-28-25)27-12-20(16)22(32)13-30-9-7-29(8-10-30)6-5-18-3-4-19-21(17(18)2)14-34-24(19)33/h3-4,11-12,15,22,32H,5-10,13-14,25-26H2,1-2H3/b28-15-. The number of hydrazine groups is 1. The topological polar surface area (TPSA) is 134 Å². The number of anilines is 1. The molecule has 0 aliphatic carbocycles. The van der Waals surface area contributed by atoms with E-state index in [1.54, 1.807) is 12.3 Å². The summed E-state index contributed by atoms with van der Waals surface area (Å²) in [5.74, 6) is 11.2. The molecule has 0 bridgehead atoms. The first-order valence-corrected chi connectivity index (χ1v) is 11.5. The third-order valence-electron chi connectivity index (χ3n) is 6.82. The molecule has 34 heavy (non-hydrogen) atoms. The molecule has 2 aliphatic rings. The van der Waals surface area contributed by atoms with Gasteiger partial charge in [-0.2, -0.15) is 5.10 Å². The van der Waals surface area contributed by atoms with Crippen molar-refractivity contribution in [3.05, 3.63) is 57.8 Å². The van der Waals surface area contributed by atoms with Crippen molar-refractivity contribution in [3.8, 4) is 0 Å². The molecule has 5 N–H and O–H groups in total. The number of rotatable bonds is 8. The summed E-state index contributed by atoms with van der Waals surface area (Å²) in [4.78, 5) is 20.8. The van der Waals surface area contributed by atoms with Crippen molar-refractivity contribution in [1.29, 1.82) is 0 Å². The summed E-state index contributed by atoms with van der Waals surface area (Å²) in [5, 5.41) is 15.4. The molecule has 0 radical (unpaired) electrons. The van der Waals surface area contributed by atoms with E-state index in [0.29, 0.717) is 24.5 Å². The zero-order valence-electron chi connectivity index (χ0n) is 19.8. The van der Waals surface area contributed by atoms with E-state index in [1.165, 1.54) is 22.5 Å². The summed E-state index contributed by atoms with van der Waals surface area (Å²) in [6, 6.07) is 5.76. The molecule has 4 rings (SSSR count). The zero-order valence-corrected chi connectivity index (χ0v) is 19.8. The number of piperazine rings is 1. The number of carbonyl (C=O) groups is 1. The lowest BCUT2D eigenvalue weighted by Gasteiger charge is -2.36. The van der Waals surface area contributed by atoms with E-state index in [-0.39, 0.29) is 5.97 Å². The average Bonchev–Trinajstić information content (AvgIpc) is 3.21. The monoisotopic (exact) mass is 467 g/mol. The Hall–Kier alpha value is -3.05. The van der Waals surface area contributed by atoms with Gasteiger partial charge in [0.25, 0.3) is 0 Å². The lowest BCUT2D eigenvalue weighted by molar-refractivity contribution is 0.0534. The SMILES string of the molecule is Cc1cc(N(N)/C=N\N)ncc1C(O)CN1CCN(CCc2ccc3c(c2C)COC3=O)CC1. The average molecular weight is 468 g/mol. The van der Waals surface area contributed by atoms with Gasteiger partial charge in [0.2, 0.25) is 0 Å². The van der Waals surface area contributed by atoms with Crippen LogP contribution in [0.2, 0.25) is 0 Å². The van der Waals surface area contributed by atoms with Crippen LogP contribution in [0.1, 0.15) is 44.3 Å². The summed E-state index contributed by atoms with van der Waals surface area (Å²) in [5.41, 5.74) is 5.89. The molecule has 1 unspecified atom stereocenters. The van der Waals surface area contributed by atoms with E-state index in [9.17, 15) is 9.90 Å². The number of aryl methyl sites for hydroxylation is 1. The maximum absolute atomic E-state index is 11.7. The second kappa shape index (κ2) is 10.5. The first kappa shape index (κ1) is 24.1. The van der Waals surface area contributed by atoms with Gasteiger partial charge >= 0.3 is 5.97 Å². The van der Waals surface area contributed by atoms with Crippen molar-refractivity contribution in [3.63, 3.8) is 0 Å². The molecule has 0 amide bonds. The highest BCUT2D eigenvalue weighted by molar-refractivity contribution is 5.93. The number of aliphatic hydroxyl groups is 1. The van der Waals surface area contributed by atoms with Gasteiger partial charge in [-0.05, 0) is 49.1 Å². The van der Waals surface area contributed by atoms with Crippen LogP contribution >= 0.6 is 0 Å². The van der Waals surface area contributed by atoms with Gasteiger partial charge in [-0.25, -0.2) is 20.6 Å². The molecule has 2 aromatic rings. The smallest absolute Gasteiger partial charge is 0.338 e. The molecule has 1 aromatic carbocycles. The van der Waals surface area contributed by atoms with Gasteiger partial charge in [0.05, 0.1) is 11.7 Å². The first-order valence-electron chi connectivity index (χ1n) is 11.5. The van der Waals surface area contributed by atoms with E-state index < -0.39 is 6.10 Å². The number of cyclic esters (lactones) is 1. The van der Waals surface area contributed by atoms with Crippen molar-refractivity contribution >= 4 is 18.1 Å². The third kappa shape index (κ3) is 5.20. The molecular weight excluding hydrogens is 434 g/mol. The number of nitrogens with two attached hydrogens (primary N) is 2. The molecule has 1 saturated heterocycles. The second-order valence-corrected chi connectivity index (χ2v) is 8.93. The predicted octanol–water partition coefficient (Wildman–Crippen LogP) is 0.845. The summed E-state index contributed by atoms with van der Waals surface area (Å²) in [6.45, 7) is 9.63. The third-order valence-corrected chi connectivity index (χ3v) is 6.82. The minimum absolute atomic E-state index is 0.215. The van der Waals surface area contributed by atoms with E-state index in [1.807, 2.05) is 13.0 Å². The fourth-order valence-electron chi connectivity index (χ4n) is 4.66. The highest BCUT2D eigenvalue weighted by Crippen LogP contribution is 2.26. The molecule has 10 heteroatoms. The summed E-state index contributed by atoms with van der Waals surface area (Å²) in [7, 11) is 0. The van der Waals surface area contributed by atoms with Gasteiger partial charge in [-0.3, -0.25) is 4.90 Å². The number of β-amino-alcohol motifs (C(OH)–C–C–N with tert-alkyl or cyclic N) is 1. The number of aromatic nitrogens is 1. The maximum atomic E-state index is 11.7. The molecule has 10 nitrogen and oxygen atoms in total. The maximum Gasteiger partial charge on any atom is 0.338 e. The Morgan fingerprint density at radius 1 is 1.26 bits per heavy atom. The highest BCUT2D eigenvalue weighted by atomic mass is 16.5. The number of ether oxygens (including phenoxy) is 1. The zero-order chi connectivity index (χ0) is 24.2. The summed E-state index contributed by atoms with van der Waals surface area (Å²) < 4.78 is 5.17. The fraction of sp³-hybridized carbons (Fsp3) is 0.458. The van der Waals surface area contributed by atoms with Gasteiger partial charge < -0.3 is 20.6 Å². The molecule has 3 heterocycles. The van der Waals surface area contributed by atoms with Gasteiger partial charge in [0, 0.05) is 56.6 Å². The van der Waals surface area contributed by atoms with E-state index in [0.717, 1.165) is 55.8 Å². The number of pyridine rings is 1. The first-order chi connectivity index (χ1) is 16.4. The highest BCUT2D eigenvalue weighted by Gasteiger charge is 2.25. The van der Waals surface area contributed by atoms with Gasteiger partial charge in [0.1, 0.15) is 18.8 Å². The summed E-state index contributed by atoms with van der Waals surface area (Å²) in [6.07, 6.45) is 3.26. The number of nitrogens with zero attached hydrogens (tertiary/aromatic N) is 5. The van der Waals surface area contributed by atoms with Crippen LogP contribution in [0.15, 0.2) is 29.5 Å². The lowest BCUT2D eigenvalue weighted by Crippen LogP contribution is -2.48. The van der Waals surface area contributed by atoms with Crippen molar-refractivity contribution in [2.24, 2.45) is 16.8 Å². The van der Waals surface area contributed by atoms with Crippen LogP contribution in [0.4, 0.5) is 5.82 Å². The molecule has 1 fully saturated rings. The number of hydrazone groups is 1. The van der Waals surface area contributed by atoms with E-state index in [2.05, 4.69) is 32.9 Å². The number of hydrogen-bond donors (Lipinski definition) is 3. The van der Waals surface area contributed by atoms with Crippen LogP contribution in [0, 0.1) is 13.8 Å². The number of benzene rings is 1. The lowest BCUT2D eigenvalue weighted by atomic mass is 9.96. The molecule has 182 valence electrons. The van der Waals surface area contributed by atoms with Crippen molar-refractivity contribution in [1.82, 2.24) is 14.8 Å². The minimum Gasteiger partial charge on any atom is -0.457 e. The Bertz CT molecular complexity index is 1070. The van der Waals surface area contributed by atoms with Crippen LogP contribution in [0.3, 0.4) is 0 Å². The molecular formula is C24H33N7O3. The van der Waals surface area contributed by atoms with Crippen LogP contribution in [-0.2, 0) is 17.8 Å². The van der Waals surface area contributed by atoms with Crippen molar-refractivity contribution in [2.45, 2.75) is 33.0 Å². The summed E-state index contributed by atoms with van der Waals surface area (Å²) >= 11 is 0. The quantitative estimate of drug-likeness (QED) is 0.170. The number of aliphatic hydroxyl groups excluding tert-OH is 1. The fourth-order valence-corrected chi connectivity index (χ4v) is 4.66. The van der Waals surface area contributed by atoms with Crippen molar-refractivity contribution in [2.75, 3.05) is 44.3 Å². The van der Waals surface area contributed by atoms with E-state index >= 15 is 0 Å². The van der Waals surface area contributed by atoms with Gasteiger partial charge in [-0.1, -0.05) is 6.07 Å². The van der Waals surface area contributed by atoms with Crippen LogP contribution in [-0.4, -0.2) is 71.5 Å². The molecule has 2 aliphatic heterocycles. The Balaban J connectivity index is 1.26. The number of carbonyl (C=O) groups excluding carboxylic acids is 1. The van der Waals surface area contributed by atoms with Crippen LogP contribution in [0.25, 0.3) is 0 Å². The molecule has 0 spiro atoms. The van der Waals surface area contributed by atoms with Crippen LogP contribution in [0.5, 0.6) is 0 Å². The number of hydrogen-bond acceptors (Lipinski definition) is 9. The second-order valence-electron chi connectivity index (χ2n) is 8.93. The van der Waals surface area contributed by atoms with Gasteiger partial charge in [-0.15, -0.1) is 0 Å². The number of esters is 1. The Morgan fingerprint density at radius 2 is 2.00 bits per heavy atom. The van der Waals surface area contributed by atoms with Gasteiger partial charge in [0.15, 0.2) is 0 Å². The molecule has 1 aromatic heterocycles. The molecule has 0 saturated carbocycles. The predicted molar refractivity (Wildman–Crippen MR) is 130 cm³/mol. The largest absolute Gasteiger partial charge is 0.457 e. The Labute approximate surface area is 199 Å². The normalized spacial score (nSPS) is 17.7. The Morgan fingerprint density at radius 3 is 2.71 bits per heavy atom. The Kier molecular flexibility index (Phi) is 7.42. The number of fused-ring (bicyclic) bond motifs is 1. The van der Waals surface area contributed by atoms with Crippen LogP contribution < -0.4 is 16.7 Å². The van der Waals surface area contributed by atoms with Crippen molar-refractivity contribution < 1.29 is 14.6 Å². The minimum atomic E-state index is -0.624. The van der Waals surface area contributed by atoms with E-state index in [4.69, 9.17) is 16.4 Å². The molecule has 1 atom stereocenters.